The van der Waals surface area contributed by atoms with Gasteiger partial charge in [0.2, 0.25) is 5.75 Å². The lowest BCUT2D eigenvalue weighted by Crippen LogP contribution is -2.09. The normalized spacial score (nSPS) is 9.94. The highest BCUT2D eigenvalue weighted by Gasteiger charge is 2.28. The fourth-order valence-electron chi connectivity index (χ4n) is 1.45. The summed E-state index contributed by atoms with van der Waals surface area (Å²) in [6, 6.07) is 2.90. The molecule has 0 aliphatic heterocycles. The van der Waals surface area contributed by atoms with E-state index >= 15 is 0 Å². The van der Waals surface area contributed by atoms with Gasteiger partial charge in [0, 0.05) is 0 Å². The Morgan fingerprint density at radius 1 is 1.50 bits per heavy atom. The van der Waals surface area contributed by atoms with Gasteiger partial charge in [-0.3, -0.25) is 10.1 Å². The number of methoxy groups -OCH3 is 1. The van der Waals surface area contributed by atoms with Crippen molar-refractivity contribution in [3.8, 4) is 5.75 Å². The summed E-state index contributed by atoms with van der Waals surface area (Å²) in [5, 5.41) is 11.1. The van der Waals surface area contributed by atoms with E-state index < -0.39 is 16.6 Å². The standard InChI is InChI=1S/C11H12ClNO5/c1-7-3-4-8(11(14)17-2)9(13(15)16)10(7)18-6-5-12/h3-4H,5-6H2,1-2H3. The second kappa shape index (κ2) is 6.20. The molecule has 0 fully saturated rings. The minimum absolute atomic E-state index is 0.0450. The van der Waals surface area contributed by atoms with Crippen molar-refractivity contribution in [3.63, 3.8) is 0 Å². The molecule has 1 aromatic carbocycles. The van der Waals surface area contributed by atoms with Crippen molar-refractivity contribution in [2.45, 2.75) is 6.92 Å². The molecule has 0 aromatic heterocycles. The van der Waals surface area contributed by atoms with Crippen molar-refractivity contribution in [1.82, 2.24) is 0 Å². The van der Waals surface area contributed by atoms with Crippen LogP contribution in [0.25, 0.3) is 0 Å². The molecular formula is C11H12ClNO5. The van der Waals surface area contributed by atoms with E-state index in [1.54, 1.807) is 13.0 Å². The molecule has 18 heavy (non-hydrogen) atoms. The van der Waals surface area contributed by atoms with Crippen molar-refractivity contribution >= 4 is 23.3 Å². The van der Waals surface area contributed by atoms with E-state index in [0.29, 0.717) is 5.56 Å². The molecule has 0 heterocycles. The smallest absolute Gasteiger partial charge is 0.345 e. The highest BCUT2D eigenvalue weighted by atomic mass is 35.5. The lowest BCUT2D eigenvalue weighted by atomic mass is 10.1. The van der Waals surface area contributed by atoms with Crippen molar-refractivity contribution in [1.29, 1.82) is 0 Å². The number of hydrogen-bond donors (Lipinski definition) is 0. The molecule has 0 atom stereocenters. The van der Waals surface area contributed by atoms with Gasteiger partial charge in [-0.25, -0.2) is 4.79 Å². The first-order valence-corrected chi connectivity index (χ1v) is 5.61. The van der Waals surface area contributed by atoms with E-state index in [1.165, 1.54) is 6.07 Å². The Kier molecular flexibility index (Phi) is 4.91. The van der Waals surface area contributed by atoms with E-state index in [4.69, 9.17) is 16.3 Å². The van der Waals surface area contributed by atoms with E-state index in [0.717, 1.165) is 7.11 Å². The summed E-state index contributed by atoms with van der Waals surface area (Å²) in [5.74, 6) is -0.542. The number of esters is 1. The van der Waals surface area contributed by atoms with E-state index in [2.05, 4.69) is 4.74 Å². The number of carbonyl (C=O) groups is 1. The van der Waals surface area contributed by atoms with Crippen LogP contribution in [-0.2, 0) is 4.74 Å². The van der Waals surface area contributed by atoms with Gasteiger partial charge in [-0.15, -0.1) is 11.6 Å². The first-order chi connectivity index (χ1) is 8.52. The van der Waals surface area contributed by atoms with Crippen molar-refractivity contribution in [2.75, 3.05) is 19.6 Å². The number of rotatable bonds is 5. The van der Waals surface area contributed by atoms with Gasteiger partial charge in [-0.2, -0.15) is 0 Å². The first kappa shape index (κ1) is 14.2. The Hall–Kier alpha value is -1.82. The number of nitrogens with zero attached hydrogens (tertiary/aromatic N) is 1. The zero-order valence-corrected chi connectivity index (χ0v) is 10.7. The molecule has 98 valence electrons. The highest BCUT2D eigenvalue weighted by Crippen LogP contribution is 2.34. The molecule has 0 aliphatic carbocycles. The molecule has 0 saturated carbocycles. The third-order valence-electron chi connectivity index (χ3n) is 2.24. The predicted molar refractivity (Wildman–Crippen MR) is 65.4 cm³/mol. The quantitative estimate of drug-likeness (QED) is 0.356. The zero-order valence-electron chi connectivity index (χ0n) is 9.94. The maximum Gasteiger partial charge on any atom is 0.345 e. The highest BCUT2D eigenvalue weighted by molar-refractivity contribution is 6.18. The largest absolute Gasteiger partial charge is 0.485 e. The Balaban J connectivity index is 3.37. The van der Waals surface area contributed by atoms with Gasteiger partial charge in [-0.05, 0) is 18.6 Å². The Bertz CT molecular complexity index is 475. The fraction of sp³-hybridized carbons (Fsp3) is 0.364. The van der Waals surface area contributed by atoms with E-state index in [1.807, 2.05) is 0 Å². The number of carbonyl (C=O) groups excluding carboxylic acids is 1. The third-order valence-corrected chi connectivity index (χ3v) is 2.39. The number of benzene rings is 1. The number of ether oxygens (including phenoxy) is 2. The molecule has 0 radical (unpaired) electrons. The summed E-state index contributed by atoms with van der Waals surface area (Å²) in [4.78, 5) is 21.9. The maximum absolute atomic E-state index is 11.5. The minimum Gasteiger partial charge on any atom is -0.485 e. The van der Waals surface area contributed by atoms with Gasteiger partial charge in [0.25, 0.3) is 0 Å². The molecule has 1 rings (SSSR count). The zero-order chi connectivity index (χ0) is 13.7. The molecule has 7 heteroatoms. The van der Waals surface area contributed by atoms with Crippen LogP contribution in [0, 0.1) is 17.0 Å². The summed E-state index contributed by atoms with van der Waals surface area (Å²) in [7, 11) is 1.16. The summed E-state index contributed by atoms with van der Waals surface area (Å²) in [6.07, 6.45) is 0. The molecule has 0 aliphatic rings. The van der Waals surface area contributed by atoms with Crippen molar-refractivity contribution in [2.24, 2.45) is 0 Å². The van der Waals surface area contributed by atoms with Crippen LogP contribution in [0.1, 0.15) is 15.9 Å². The van der Waals surface area contributed by atoms with Gasteiger partial charge in [0.15, 0.2) is 0 Å². The van der Waals surface area contributed by atoms with Crippen LogP contribution >= 0.6 is 11.6 Å². The summed E-state index contributed by atoms with van der Waals surface area (Å²) in [5.41, 5.74) is 0.0177. The Morgan fingerprint density at radius 2 is 2.17 bits per heavy atom. The molecule has 0 spiro atoms. The topological polar surface area (TPSA) is 78.7 Å². The SMILES string of the molecule is COC(=O)c1ccc(C)c(OCCCl)c1[N+](=O)[O-]. The maximum atomic E-state index is 11.5. The molecule has 0 unspecified atom stereocenters. The average molecular weight is 274 g/mol. The minimum atomic E-state index is -0.780. The molecule has 0 bridgehead atoms. The number of alkyl halides is 1. The monoisotopic (exact) mass is 273 g/mol. The summed E-state index contributed by atoms with van der Waals surface area (Å²) >= 11 is 5.48. The second-order valence-corrected chi connectivity index (χ2v) is 3.77. The van der Waals surface area contributed by atoms with E-state index in [-0.39, 0.29) is 23.8 Å². The van der Waals surface area contributed by atoms with Gasteiger partial charge in [0.05, 0.1) is 17.9 Å². The molecule has 1 aromatic rings. The molecule has 0 amide bonds. The number of aryl methyl sites for hydroxylation is 1. The van der Waals surface area contributed by atoms with Crippen molar-refractivity contribution in [3.05, 3.63) is 33.4 Å². The van der Waals surface area contributed by atoms with Crippen LogP contribution in [0.2, 0.25) is 0 Å². The van der Waals surface area contributed by atoms with Crippen LogP contribution < -0.4 is 4.74 Å². The number of hydrogen-bond acceptors (Lipinski definition) is 5. The lowest BCUT2D eigenvalue weighted by molar-refractivity contribution is -0.386. The predicted octanol–water partition coefficient (Wildman–Crippen LogP) is 2.31. The van der Waals surface area contributed by atoms with Gasteiger partial charge in [-0.1, -0.05) is 6.07 Å². The molecule has 6 nitrogen and oxygen atoms in total. The summed E-state index contributed by atoms with van der Waals surface area (Å²) < 4.78 is 9.73. The van der Waals surface area contributed by atoms with Crippen LogP contribution in [0.4, 0.5) is 5.69 Å². The van der Waals surface area contributed by atoms with Gasteiger partial charge in [0.1, 0.15) is 12.2 Å². The molecular weight excluding hydrogens is 262 g/mol. The molecule has 0 N–H and O–H groups in total. The van der Waals surface area contributed by atoms with Crippen LogP contribution in [0.3, 0.4) is 0 Å². The van der Waals surface area contributed by atoms with Crippen LogP contribution in [-0.4, -0.2) is 30.5 Å². The Labute approximate surface area is 109 Å². The summed E-state index contributed by atoms with van der Waals surface area (Å²) in [6.45, 7) is 1.77. The number of halogens is 1. The average Bonchev–Trinajstić information content (AvgIpc) is 2.35. The van der Waals surface area contributed by atoms with Crippen LogP contribution in [0.15, 0.2) is 12.1 Å². The van der Waals surface area contributed by atoms with Crippen molar-refractivity contribution < 1.29 is 19.2 Å². The second-order valence-electron chi connectivity index (χ2n) is 3.39. The first-order valence-electron chi connectivity index (χ1n) is 5.08. The Morgan fingerprint density at radius 3 is 2.67 bits per heavy atom. The third kappa shape index (κ3) is 2.89. The van der Waals surface area contributed by atoms with E-state index in [9.17, 15) is 14.9 Å². The lowest BCUT2D eigenvalue weighted by Gasteiger charge is -2.10. The van der Waals surface area contributed by atoms with Crippen LogP contribution in [0.5, 0.6) is 5.75 Å². The van der Waals surface area contributed by atoms with Gasteiger partial charge < -0.3 is 9.47 Å². The molecule has 0 saturated heterocycles. The van der Waals surface area contributed by atoms with Gasteiger partial charge >= 0.3 is 11.7 Å². The fourth-order valence-corrected chi connectivity index (χ4v) is 1.53. The number of nitro groups is 1. The number of nitro benzene ring substituents is 1.